The number of carbonyl (C=O) groups excluding carboxylic acids is 1. The van der Waals surface area contributed by atoms with Crippen molar-refractivity contribution in [2.24, 2.45) is 0 Å². The minimum Gasteiger partial charge on any atom is -0.395 e. The van der Waals surface area contributed by atoms with E-state index >= 15 is 0 Å². The second-order valence-corrected chi connectivity index (χ2v) is 5.15. The van der Waals surface area contributed by atoms with Gasteiger partial charge in [-0.3, -0.25) is 4.79 Å². The van der Waals surface area contributed by atoms with Gasteiger partial charge in [-0.25, -0.2) is 9.97 Å². The van der Waals surface area contributed by atoms with Crippen LogP contribution in [-0.2, 0) is 4.79 Å². The highest BCUT2D eigenvalue weighted by molar-refractivity contribution is 5.89. The Bertz CT molecular complexity index is 689. The maximum Gasteiger partial charge on any atom is 0.221 e. The molecular weight excluding hydrogens is 308 g/mol. The van der Waals surface area contributed by atoms with Crippen molar-refractivity contribution in [3.8, 4) is 0 Å². The van der Waals surface area contributed by atoms with E-state index in [0.717, 1.165) is 5.69 Å². The van der Waals surface area contributed by atoms with Crippen molar-refractivity contribution in [2.75, 3.05) is 41.0 Å². The molecule has 24 heavy (non-hydrogen) atoms. The summed E-state index contributed by atoms with van der Waals surface area (Å²) in [5, 5.41) is 15.0. The number of hydrogen-bond acceptors (Lipinski definition) is 7. The second kappa shape index (κ2) is 8.11. The van der Waals surface area contributed by atoms with Crippen molar-refractivity contribution in [3.05, 3.63) is 30.6 Å². The van der Waals surface area contributed by atoms with Crippen LogP contribution in [0.5, 0.6) is 0 Å². The van der Waals surface area contributed by atoms with Gasteiger partial charge in [-0.1, -0.05) is 0 Å². The molecule has 0 bridgehead atoms. The van der Waals surface area contributed by atoms with Crippen LogP contribution in [0.2, 0.25) is 0 Å². The van der Waals surface area contributed by atoms with Crippen LogP contribution >= 0.6 is 0 Å². The Labute approximate surface area is 140 Å². The molecule has 0 aliphatic rings. The van der Waals surface area contributed by atoms with E-state index in [2.05, 4.69) is 20.6 Å². The third-order valence-electron chi connectivity index (χ3n) is 3.38. The predicted octanol–water partition coefficient (Wildman–Crippen LogP) is 1.58. The number of anilines is 5. The highest BCUT2D eigenvalue weighted by Crippen LogP contribution is 2.28. The summed E-state index contributed by atoms with van der Waals surface area (Å²) in [6.45, 7) is 4.56. The fourth-order valence-electron chi connectivity index (χ4n) is 2.25. The lowest BCUT2D eigenvalue weighted by atomic mass is 10.2. The standard InChI is InChI=1S/C16H22N6O2/c1-3-22(8-9-23)16-14(17)15(18-10-19-16)21-13-6-4-12(5-7-13)20-11(2)24/h4-7,10,23H,3,8-9,17H2,1-2H3,(H,20,24)(H,18,19,21). The maximum atomic E-state index is 11.0. The maximum absolute atomic E-state index is 11.0. The summed E-state index contributed by atoms with van der Waals surface area (Å²) < 4.78 is 0. The van der Waals surface area contributed by atoms with Crippen molar-refractivity contribution in [1.82, 2.24) is 9.97 Å². The number of likely N-dealkylation sites (N-methyl/N-ethyl adjacent to an activating group) is 1. The van der Waals surface area contributed by atoms with Crippen molar-refractivity contribution in [3.63, 3.8) is 0 Å². The fraction of sp³-hybridized carbons (Fsp3) is 0.312. The highest BCUT2D eigenvalue weighted by Gasteiger charge is 2.13. The molecule has 0 aliphatic carbocycles. The summed E-state index contributed by atoms with van der Waals surface area (Å²) >= 11 is 0. The molecule has 1 heterocycles. The second-order valence-electron chi connectivity index (χ2n) is 5.15. The molecule has 5 N–H and O–H groups in total. The molecule has 2 aromatic rings. The van der Waals surface area contributed by atoms with Crippen LogP contribution in [0.4, 0.5) is 28.7 Å². The Balaban J connectivity index is 2.19. The summed E-state index contributed by atoms with van der Waals surface area (Å²) in [6.07, 6.45) is 1.43. The number of carbonyl (C=O) groups is 1. The number of benzene rings is 1. The summed E-state index contributed by atoms with van der Waals surface area (Å²) in [5.41, 5.74) is 8.08. The van der Waals surface area contributed by atoms with Crippen LogP contribution in [0.3, 0.4) is 0 Å². The number of aromatic nitrogens is 2. The fourth-order valence-corrected chi connectivity index (χ4v) is 2.25. The smallest absolute Gasteiger partial charge is 0.221 e. The third kappa shape index (κ3) is 4.32. The zero-order chi connectivity index (χ0) is 17.5. The average molecular weight is 330 g/mol. The first-order chi connectivity index (χ1) is 11.5. The van der Waals surface area contributed by atoms with Gasteiger partial charge in [-0.05, 0) is 31.2 Å². The molecule has 0 saturated heterocycles. The van der Waals surface area contributed by atoms with Gasteiger partial charge in [0.05, 0.1) is 6.61 Å². The number of aliphatic hydroxyl groups is 1. The molecule has 0 unspecified atom stereocenters. The molecule has 0 aliphatic heterocycles. The van der Waals surface area contributed by atoms with E-state index in [1.54, 1.807) is 12.1 Å². The van der Waals surface area contributed by atoms with Crippen molar-refractivity contribution in [1.29, 1.82) is 0 Å². The zero-order valence-electron chi connectivity index (χ0n) is 13.8. The normalized spacial score (nSPS) is 10.3. The summed E-state index contributed by atoms with van der Waals surface area (Å²) in [7, 11) is 0. The number of nitrogen functional groups attached to an aromatic ring is 1. The van der Waals surface area contributed by atoms with Crippen LogP contribution in [0.1, 0.15) is 13.8 Å². The van der Waals surface area contributed by atoms with E-state index in [1.165, 1.54) is 13.3 Å². The number of nitrogens with two attached hydrogens (primary N) is 1. The number of nitrogens with one attached hydrogen (secondary N) is 2. The number of aliphatic hydroxyl groups excluding tert-OH is 1. The number of hydrogen-bond donors (Lipinski definition) is 4. The Kier molecular flexibility index (Phi) is 5.91. The van der Waals surface area contributed by atoms with E-state index in [-0.39, 0.29) is 12.5 Å². The molecule has 8 heteroatoms. The summed E-state index contributed by atoms with van der Waals surface area (Å²) in [5.74, 6) is 0.950. The van der Waals surface area contributed by atoms with E-state index in [1.807, 2.05) is 24.0 Å². The third-order valence-corrected chi connectivity index (χ3v) is 3.38. The van der Waals surface area contributed by atoms with Crippen molar-refractivity contribution < 1.29 is 9.90 Å². The number of rotatable bonds is 7. The van der Waals surface area contributed by atoms with Crippen LogP contribution in [0.15, 0.2) is 30.6 Å². The van der Waals surface area contributed by atoms with Crippen LogP contribution in [0, 0.1) is 0 Å². The first kappa shape index (κ1) is 17.5. The van der Waals surface area contributed by atoms with Gasteiger partial charge in [-0.2, -0.15) is 0 Å². The molecule has 0 fully saturated rings. The minimum absolute atomic E-state index is 0.0185. The lowest BCUT2D eigenvalue weighted by Gasteiger charge is -2.23. The molecular formula is C16H22N6O2. The van der Waals surface area contributed by atoms with Gasteiger partial charge in [0.15, 0.2) is 11.6 Å². The van der Waals surface area contributed by atoms with Crippen molar-refractivity contribution in [2.45, 2.75) is 13.8 Å². The molecule has 0 spiro atoms. The predicted molar refractivity (Wildman–Crippen MR) is 95.4 cm³/mol. The van der Waals surface area contributed by atoms with Gasteiger partial charge < -0.3 is 26.4 Å². The molecule has 0 atom stereocenters. The number of amides is 1. The van der Waals surface area contributed by atoms with Gasteiger partial charge in [0.25, 0.3) is 0 Å². The quantitative estimate of drug-likeness (QED) is 0.609. The van der Waals surface area contributed by atoms with E-state index < -0.39 is 0 Å². The molecule has 0 radical (unpaired) electrons. The lowest BCUT2D eigenvalue weighted by Crippen LogP contribution is -2.28. The van der Waals surface area contributed by atoms with Crippen LogP contribution in [-0.4, -0.2) is 40.7 Å². The molecule has 1 aromatic heterocycles. The number of nitrogens with zero attached hydrogens (tertiary/aromatic N) is 3. The monoisotopic (exact) mass is 330 g/mol. The summed E-state index contributed by atoms with van der Waals surface area (Å²) in [6, 6.07) is 7.20. The molecule has 128 valence electrons. The summed E-state index contributed by atoms with van der Waals surface area (Å²) in [4.78, 5) is 21.3. The van der Waals surface area contributed by atoms with Gasteiger partial charge in [0.2, 0.25) is 5.91 Å². The Morgan fingerprint density at radius 3 is 2.50 bits per heavy atom. The zero-order valence-corrected chi connectivity index (χ0v) is 13.8. The van der Waals surface area contributed by atoms with E-state index in [0.29, 0.717) is 36.1 Å². The van der Waals surface area contributed by atoms with E-state index in [9.17, 15) is 4.79 Å². The largest absolute Gasteiger partial charge is 0.395 e. The molecule has 2 rings (SSSR count). The van der Waals surface area contributed by atoms with E-state index in [4.69, 9.17) is 10.8 Å². The molecule has 0 saturated carbocycles. The Morgan fingerprint density at radius 1 is 1.25 bits per heavy atom. The minimum atomic E-state index is -0.121. The first-order valence-electron chi connectivity index (χ1n) is 7.66. The molecule has 1 aromatic carbocycles. The van der Waals surface area contributed by atoms with Gasteiger partial charge in [-0.15, -0.1) is 0 Å². The average Bonchev–Trinajstić information content (AvgIpc) is 2.56. The van der Waals surface area contributed by atoms with Gasteiger partial charge in [0.1, 0.15) is 12.0 Å². The lowest BCUT2D eigenvalue weighted by molar-refractivity contribution is -0.114. The molecule has 1 amide bonds. The van der Waals surface area contributed by atoms with Crippen LogP contribution in [0.25, 0.3) is 0 Å². The molecule has 8 nitrogen and oxygen atoms in total. The highest BCUT2D eigenvalue weighted by atomic mass is 16.3. The SMILES string of the molecule is CCN(CCO)c1ncnc(Nc2ccc(NC(C)=O)cc2)c1N. The Morgan fingerprint density at radius 2 is 1.92 bits per heavy atom. The van der Waals surface area contributed by atoms with Crippen LogP contribution < -0.4 is 21.3 Å². The topological polar surface area (TPSA) is 116 Å². The van der Waals surface area contributed by atoms with Gasteiger partial charge in [0, 0.05) is 31.4 Å². The van der Waals surface area contributed by atoms with Crippen molar-refractivity contribution >= 4 is 34.6 Å². The first-order valence-corrected chi connectivity index (χ1v) is 7.66. The van der Waals surface area contributed by atoms with Gasteiger partial charge >= 0.3 is 0 Å². The Hall–Kier alpha value is -2.87.